The van der Waals surface area contributed by atoms with Gasteiger partial charge in [-0.25, -0.2) is 4.79 Å². The fraction of sp³-hybridized carbons (Fsp3) is 0.389. The molecule has 0 bridgehead atoms. The van der Waals surface area contributed by atoms with Crippen molar-refractivity contribution in [1.82, 2.24) is 5.16 Å². The Labute approximate surface area is 150 Å². The maximum absolute atomic E-state index is 12.0. The van der Waals surface area contributed by atoms with Crippen molar-refractivity contribution < 1.29 is 28.3 Å². The molecule has 8 nitrogen and oxygen atoms in total. The number of nitrogens with zero attached hydrogens (tertiary/aromatic N) is 1. The first-order valence-corrected chi connectivity index (χ1v) is 8.35. The molecule has 0 unspecified atom stereocenters. The number of rotatable bonds is 7. The summed E-state index contributed by atoms with van der Waals surface area (Å²) in [6.45, 7) is 2.56. The number of ether oxygens (including phenoxy) is 3. The summed E-state index contributed by atoms with van der Waals surface area (Å²) in [6, 6.07) is 8.11. The molecule has 26 heavy (non-hydrogen) atoms. The Bertz CT molecular complexity index is 749. The standard InChI is InChI=1S/C18H20N2O6/c1-12-9-16(20-26-12)19-17(21)11-25-18(22)13-4-6-14(7-5-13)24-10-15-3-2-8-23-15/h4-7,9,15H,2-3,8,10-11H2,1H3,(H,19,20,21)/t15-/m0/s1. The molecule has 1 amide bonds. The van der Waals surface area contributed by atoms with Crippen LogP contribution in [0.25, 0.3) is 0 Å². The maximum Gasteiger partial charge on any atom is 0.338 e. The number of benzene rings is 1. The van der Waals surface area contributed by atoms with Gasteiger partial charge in [0.05, 0.1) is 11.7 Å². The molecule has 1 aromatic heterocycles. The van der Waals surface area contributed by atoms with Crippen LogP contribution in [0.15, 0.2) is 34.9 Å². The zero-order valence-corrected chi connectivity index (χ0v) is 14.4. The average molecular weight is 360 g/mol. The van der Waals surface area contributed by atoms with Gasteiger partial charge >= 0.3 is 5.97 Å². The Morgan fingerprint density at radius 3 is 2.77 bits per heavy atom. The van der Waals surface area contributed by atoms with E-state index in [1.165, 1.54) is 0 Å². The van der Waals surface area contributed by atoms with E-state index in [-0.39, 0.29) is 11.9 Å². The van der Waals surface area contributed by atoms with E-state index in [2.05, 4.69) is 10.5 Å². The number of anilines is 1. The summed E-state index contributed by atoms with van der Waals surface area (Å²) >= 11 is 0. The molecule has 1 fully saturated rings. The van der Waals surface area contributed by atoms with Crippen LogP contribution in [-0.4, -0.2) is 43.0 Å². The summed E-state index contributed by atoms with van der Waals surface area (Å²) < 4.78 is 20.9. The fourth-order valence-electron chi connectivity index (χ4n) is 2.47. The lowest BCUT2D eigenvalue weighted by Gasteiger charge is -2.11. The zero-order valence-electron chi connectivity index (χ0n) is 14.4. The molecule has 0 aliphatic carbocycles. The first-order valence-electron chi connectivity index (χ1n) is 8.35. The van der Waals surface area contributed by atoms with Gasteiger partial charge in [-0.1, -0.05) is 5.16 Å². The number of hydrogen-bond donors (Lipinski definition) is 1. The van der Waals surface area contributed by atoms with Gasteiger partial charge in [0.25, 0.3) is 5.91 Å². The predicted molar refractivity (Wildman–Crippen MR) is 91.1 cm³/mol. The fourth-order valence-corrected chi connectivity index (χ4v) is 2.47. The molecular formula is C18H20N2O6. The Kier molecular flexibility index (Phi) is 5.85. The monoisotopic (exact) mass is 360 g/mol. The minimum atomic E-state index is -0.595. The maximum atomic E-state index is 12.0. The molecule has 2 aromatic rings. The average Bonchev–Trinajstić information content (AvgIpc) is 3.30. The van der Waals surface area contributed by atoms with Crippen molar-refractivity contribution in [3.63, 3.8) is 0 Å². The van der Waals surface area contributed by atoms with Crippen LogP contribution in [0.4, 0.5) is 5.82 Å². The van der Waals surface area contributed by atoms with E-state index in [0.717, 1.165) is 19.4 Å². The first kappa shape index (κ1) is 17.9. The summed E-state index contributed by atoms with van der Waals surface area (Å²) in [6.07, 6.45) is 2.19. The number of nitrogens with one attached hydrogen (secondary N) is 1. The van der Waals surface area contributed by atoms with Gasteiger partial charge in [0.1, 0.15) is 18.1 Å². The highest BCUT2D eigenvalue weighted by Gasteiger charge is 2.16. The molecule has 8 heteroatoms. The molecule has 138 valence electrons. The number of aromatic nitrogens is 1. The zero-order chi connectivity index (χ0) is 18.4. The van der Waals surface area contributed by atoms with Crippen LogP contribution in [0.5, 0.6) is 5.75 Å². The highest BCUT2D eigenvalue weighted by atomic mass is 16.5. The normalized spacial score (nSPS) is 16.3. The van der Waals surface area contributed by atoms with Crippen molar-refractivity contribution in [1.29, 1.82) is 0 Å². The van der Waals surface area contributed by atoms with Gasteiger partial charge in [0.15, 0.2) is 12.4 Å². The van der Waals surface area contributed by atoms with Gasteiger partial charge < -0.3 is 24.1 Å². The molecule has 2 heterocycles. The van der Waals surface area contributed by atoms with Crippen LogP contribution < -0.4 is 10.1 Å². The Morgan fingerprint density at radius 2 is 2.12 bits per heavy atom. The van der Waals surface area contributed by atoms with Gasteiger partial charge in [0, 0.05) is 12.7 Å². The number of esters is 1. The first-order chi connectivity index (χ1) is 12.6. The topological polar surface area (TPSA) is 99.9 Å². The Balaban J connectivity index is 1.42. The van der Waals surface area contributed by atoms with Gasteiger partial charge in [-0.05, 0) is 44.0 Å². The highest BCUT2D eigenvalue weighted by Crippen LogP contribution is 2.17. The Hall–Kier alpha value is -2.87. The summed E-state index contributed by atoms with van der Waals surface area (Å²) in [7, 11) is 0. The van der Waals surface area contributed by atoms with Crippen LogP contribution in [-0.2, 0) is 14.3 Å². The summed E-state index contributed by atoms with van der Waals surface area (Å²) in [4.78, 5) is 23.7. The summed E-state index contributed by atoms with van der Waals surface area (Å²) in [5, 5.41) is 6.10. The van der Waals surface area contributed by atoms with Crippen LogP contribution in [0.2, 0.25) is 0 Å². The molecule has 0 spiro atoms. The van der Waals surface area contributed by atoms with E-state index in [1.54, 1.807) is 37.3 Å². The Morgan fingerprint density at radius 1 is 1.31 bits per heavy atom. The van der Waals surface area contributed by atoms with Gasteiger partial charge in [-0.15, -0.1) is 0 Å². The minimum Gasteiger partial charge on any atom is -0.491 e. The van der Waals surface area contributed by atoms with E-state index < -0.39 is 18.5 Å². The third-order valence-electron chi connectivity index (χ3n) is 3.78. The third-order valence-corrected chi connectivity index (χ3v) is 3.78. The molecule has 0 radical (unpaired) electrons. The second-order valence-electron chi connectivity index (χ2n) is 5.92. The summed E-state index contributed by atoms with van der Waals surface area (Å²) in [5.41, 5.74) is 0.333. The molecular weight excluding hydrogens is 340 g/mol. The second kappa shape index (κ2) is 8.48. The van der Waals surface area contributed by atoms with Gasteiger partial charge in [-0.2, -0.15) is 0 Å². The molecule has 1 aromatic carbocycles. The van der Waals surface area contributed by atoms with E-state index in [1.807, 2.05) is 0 Å². The lowest BCUT2D eigenvalue weighted by atomic mass is 10.2. The lowest BCUT2D eigenvalue weighted by Crippen LogP contribution is -2.21. The van der Waals surface area contributed by atoms with E-state index in [4.69, 9.17) is 18.7 Å². The smallest absolute Gasteiger partial charge is 0.338 e. The SMILES string of the molecule is Cc1cc(NC(=O)COC(=O)c2ccc(OC[C@@H]3CCCO3)cc2)no1. The quantitative estimate of drug-likeness (QED) is 0.756. The number of carbonyl (C=O) groups excluding carboxylic acids is 2. The van der Waals surface area contributed by atoms with E-state index in [0.29, 0.717) is 23.7 Å². The van der Waals surface area contributed by atoms with Gasteiger partial charge in [0.2, 0.25) is 0 Å². The molecule has 1 aliphatic heterocycles. The van der Waals surface area contributed by atoms with Crippen LogP contribution >= 0.6 is 0 Å². The lowest BCUT2D eigenvalue weighted by molar-refractivity contribution is -0.119. The van der Waals surface area contributed by atoms with Crippen molar-refractivity contribution in [2.24, 2.45) is 0 Å². The number of amides is 1. The van der Waals surface area contributed by atoms with Crippen molar-refractivity contribution in [2.75, 3.05) is 25.1 Å². The number of aryl methyl sites for hydroxylation is 1. The molecule has 0 saturated carbocycles. The predicted octanol–water partition coefficient (Wildman–Crippen LogP) is 2.34. The molecule has 1 aliphatic rings. The van der Waals surface area contributed by atoms with Crippen LogP contribution in [0.1, 0.15) is 29.0 Å². The largest absolute Gasteiger partial charge is 0.491 e. The highest BCUT2D eigenvalue weighted by molar-refractivity contribution is 5.95. The van der Waals surface area contributed by atoms with E-state index in [9.17, 15) is 9.59 Å². The molecule has 1 atom stereocenters. The van der Waals surface area contributed by atoms with Crippen LogP contribution in [0, 0.1) is 6.92 Å². The van der Waals surface area contributed by atoms with Crippen LogP contribution in [0.3, 0.4) is 0 Å². The number of carbonyl (C=O) groups is 2. The van der Waals surface area contributed by atoms with Gasteiger partial charge in [-0.3, -0.25) is 4.79 Å². The van der Waals surface area contributed by atoms with Crippen molar-refractivity contribution in [3.05, 3.63) is 41.7 Å². The molecule has 1 saturated heterocycles. The third kappa shape index (κ3) is 5.06. The van der Waals surface area contributed by atoms with Crippen molar-refractivity contribution in [3.8, 4) is 5.75 Å². The van der Waals surface area contributed by atoms with Crippen molar-refractivity contribution >= 4 is 17.7 Å². The second-order valence-corrected chi connectivity index (χ2v) is 5.92. The summed E-state index contributed by atoms with van der Waals surface area (Å²) in [5.74, 6) is 0.400. The van der Waals surface area contributed by atoms with E-state index >= 15 is 0 Å². The molecule has 1 N–H and O–H groups in total. The molecule has 3 rings (SSSR count). The number of hydrogen-bond acceptors (Lipinski definition) is 7. The van der Waals surface area contributed by atoms with Crippen molar-refractivity contribution in [2.45, 2.75) is 25.9 Å². The minimum absolute atomic E-state index is 0.131.